The minimum absolute atomic E-state index is 0.0169. The van der Waals surface area contributed by atoms with Crippen LogP contribution in [0.2, 0.25) is 5.02 Å². The average molecular weight is 324 g/mol. The summed E-state index contributed by atoms with van der Waals surface area (Å²) >= 11 is 6.12. The number of hydrogen-bond donors (Lipinski definition) is 2. The van der Waals surface area contributed by atoms with E-state index in [0.29, 0.717) is 22.6 Å². The Morgan fingerprint density at radius 3 is 2.91 bits per heavy atom. The van der Waals surface area contributed by atoms with Crippen molar-refractivity contribution in [3.63, 3.8) is 0 Å². The van der Waals surface area contributed by atoms with Crippen LogP contribution in [0, 0.1) is 5.82 Å². The number of rotatable bonds is 3. The molecule has 0 spiro atoms. The van der Waals surface area contributed by atoms with E-state index in [1.54, 1.807) is 0 Å². The maximum atomic E-state index is 13.8. The summed E-state index contributed by atoms with van der Waals surface area (Å²) in [6.07, 6.45) is -0.200. The van der Waals surface area contributed by atoms with Crippen molar-refractivity contribution in [1.82, 2.24) is 5.32 Å². The first-order valence-corrected chi connectivity index (χ1v) is 6.78. The Bertz CT molecular complexity index is 738. The SMILES string of the molecule is O=CN[C@H]1COc2cc(F)cc(-c3cc(O)ccc3Cl)c2O1. The number of amides is 1. The smallest absolute Gasteiger partial charge is 0.210 e. The topological polar surface area (TPSA) is 67.8 Å². The van der Waals surface area contributed by atoms with E-state index >= 15 is 0 Å². The molecule has 0 radical (unpaired) electrons. The summed E-state index contributed by atoms with van der Waals surface area (Å²) in [7, 11) is 0. The Kier molecular flexibility index (Phi) is 3.77. The molecule has 1 aliphatic heterocycles. The molecule has 7 heteroatoms. The van der Waals surface area contributed by atoms with Gasteiger partial charge in [-0.1, -0.05) is 11.6 Å². The third kappa shape index (κ3) is 2.65. The zero-order valence-corrected chi connectivity index (χ0v) is 11.9. The summed E-state index contributed by atoms with van der Waals surface area (Å²) in [5, 5.41) is 12.4. The summed E-state index contributed by atoms with van der Waals surface area (Å²) in [4.78, 5) is 10.5. The Labute approximate surface area is 130 Å². The number of fused-ring (bicyclic) bond motifs is 1. The summed E-state index contributed by atoms with van der Waals surface area (Å²) in [6, 6.07) is 6.73. The van der Waals surface area contributed by atoms with Crippen LogP contribution in [0.3, 0.4) is 0 Å². The van der Waals surface area contributed by atoms with Crippen molar-refractivity contribution >= 4 is 18.0 Å². The quantitative estimate of drug-likeness (QED) is 0.852. The van der Waals surface area contributed by atoms with Gasteiger partial charge in [-0.25, -0.2) is 4.39 Å². The highest BCUT2D eigenvalue weighted by Crippen LogP contribution is 2.44. The molecule has 2 N–H and O–H groups in total. The molecule has 5 nitrogen and oxygen atoms in total. The van der Waals surface area contributed by atoms with E-state index in [1.807, 2.05) is 0 Å². The van der Waals surface area contributed by atoms with E-state index in [9.17, 15) is 14.3 Å². The summed E-state index contributed by atoms with van der Waals surface area (Å²) in [5.41, 5.74) is 0.723. The van der Waals surface area contributed by atoms with Gasteiger partial charge in [0.15, 0.2) is 11.5 Å². The number of nitrogens with one attached hydrogen (secondary N) is 1. The van der Waals surface area contributed by atoms with Gasteiger partial charge in [0.1, 0.15) is 18.2 Å². The summed E-state index contributed by atoms with van der Waals surface area (Å²) in [5.74, 6) is -0.0897. The minimum Gasteiger partial charge on any atom is -0.508 e. The second-order valence-corrected chi connectivity index (χ2v) is 5.05. The number of carbonyl (C=O) groups excluding carboxylic acids is 1. The summed E-state index contributed by atoms with van der Waals surface area (Å²) < 4.78 is 24.8. The van der Waals surface area contributed by atoms with Gasteiger partial charge in [0.05, 0.1) is 0 Å². The van der Waals surface area contributed by atoms with E-state index in [1.165, 1.54) is 30.3 Å². The second-order valence-electron chi connectivity index (χ2n) is 4.65. The fraction of sp³-hybridized carbons (Fsp3) is 0.133. The molecule has 0 fully saturated rings. The second kappa shape index (κ2) is 5.73. The van der Waals surface area contributed by atoms with Crippen LogP contribution in [0.25, 0.3) is 11.1 Å². The van der Waals surface area contributed by atoms with Gasteiger partial charge < -0.3 is 19.9 Å². The Hall–Kier alpha value is -2.47. The third-order valence-electron chi connectivity index (χ3n) is 3.16. The van der Waals surface area contributed by atoms with Crippen molar-refractivity contribution in [1.29, 1.82) is 0 Å². The van der Waals surface area contributed by atoms with Crippen LogP contribution in [0.15, 0.2) is 30.3 Å². The molecular weight excluding hydrogens is 313 g/mol. The van der Waals surface area contributed by atoms with Gasteiger partial charge >= 0.3 is 0 Å². The molecule has 3 rings (SSSR count). The number of carbonyl (C=O) groups is 1. The van der Waals surface area contributed by atoms with Crippen molar-refractivity contribution in [2.45, 2.75) is 6.23 Å². The average Bonchev–Trinajstić information content (AvgIpc) is 2.49. The Morgan fingerprint density at radius 1 is 1.32 bits per heavy atom. The molecule has 0 aliphatic carbocycles. The van der Waals surface area contributed by atoms with Gasteiger partial charge in [0, 0.05) is 22.2 Å². The number of phenolic OH excluding ortho intramolecular Hbond substituents is 1. The van der Waals surface area contributed by atoms with Gasteiger partial charge in [-0.2, -0.15) is 0 Å². The molecule has 114 valence electrons. The Balaban J connectivity index is 2.14. The van der Waals surface area contributed by atoms with Gasteiger partial charge in [-0.05, 0) is 24.3 Å². The number of ether oxygens (including phenoxy) is 2. The highest BCUT2D eigenvalue weighted by atomic mass is 35.5. The van der Waals surface area contributed by atoms with Crippen molar-refractivity contribution in [2.24, 2.45) is 0 Å². The summed E-state index contributed by atoms with van der Waals surface area (Å²) in [6.45, 7) is 0.0579. The first kappa shape index (κ1) is 14.5. The fourth-order valence-electron chi connectivity index (χ4n) is 2.22. The largest absolute Gasteiger partial charge is 0.508 e. The molecule has 0 saturated carbocycles. The van der Waals surface area contributed by atoms with E-state index in [0.717, 1.165) is 0 Å². The number of phenols is 1. The molecule has 0 unspecified atom stereocenters. The maximum absolute atomic E-state index is 13.8. The molecule has 1 amide bonds. The highest BCUT2D eigenvalue weighted by Gasteiger charge is 2.26. The zero-order valence-electron chi connectivity index (χ0n) is 11.2. The molecule has 22 heavy (non-hydrogen) atoms. The first-order chi connectivity index (χ1) is 10.6. The number of aromatic hydroxyl groups is 1. The van der Waals surface area contributed by atoms with E-state index in [-0.39, 0.29) is 23.9 Å². The molecular formula is C15H11ClFNO4. The number of benzene rings is 2. The van der Waals surface area contributed by atoms with E-state index in [4.69, 9.17) is 21.1 Å². The molecule has 1 heterocycles. The zero-order chi connectivity index (χ0) is 15.7. The van der Waals surface area contributed by atoms with Crippen LogP contribution in [-0.2, 0) is 4.79 Å². The highest BCUT2D eigenvalue weighted by molar-refractivity contribution is 6.33. The van der Waals surface area contributed by atoms with Gasteiger partial charge in [-0.3, -0.25) is 4.79 Å². The van der Waals surface area contributed by atoms with Crippen LogP contribution in [-0.4, -0.2) is 24.4 Å². The standard InChI is InChI=1S/C15H11ClFNO4/c16-12-2-1-9(20)5-10(12)11-3-8(17)4-13-15(11)22-14(6-21-13)18-7-19/h1-5,7,14,20H,6H2,(H,18,19)/t14-/m1/s1. The van der Waals surface area contributed by atoms with Crippen LogP contribution in [0.1, 0.15) is 0 Å². The van der Waals surface area contributed by atoms with Crippen LogP contribution < -0.4 is 14.8 Å². The molecule has 0 bridgehead atoms. The lowest BCUT2D eigenvalue weighted by molar-refractivity contribution is -0.112. The minimum atomic E-state index is -0.690. The van der Waals surface area contributed by atoms with Crippen LogP contribution in [0.4, 0.5) is 4.39 Å². The molecule has 0 saturated heterocycles. The fourth-order valence-corrected chi connectivity index (χ4v) is 2.44. The molecule has 1 atom stereocenters. The van der Waals surface area contributed by atoms with E-state index in [2.05, 4.69) is 5.32 Å². The van der Waals surface area contributed by atoms with Crippen LogP contribution >= 0.6 is 11.6 Å². The van der Waals surface area contributed by atoms with Crippen LogP contribution in [0.5, 0.6) is 17.2 Å². The van der Waals surface area contributed by atoms with Crippen molar-refractivity contribution in [2.75, 3.05) is 6.61 Å². The normalized spacial score (nSPS) is 16.2. The Morgan fingerprint density at radius 2 is 2.14 bits per heavy atom. The van der Waals surface area contributed by atoms with Gasteiger partial charge in [-0.15, -0.1) is 0 Å². The molecule has 2 aromatic rings. The van der Waals surface area contributed by atoms with E-state index < -0.39 is 12.0 Å². The predicted molar refractivity (Wildman–Crippen MR) is 77.6 cm³/mol. The van der Waals surface area contributed by atoms with Crippen molar-refractivity contribution in [3.05, 3.63) is 41.2 Å². The molecule has 2 aromatic carbocycles. The predicted octanol–water partition coefficient (Wildman–Crippen LogP) is 2.70. The molecule has 1 aliphatic rings. The molecule has 0 aromatic heterocycles. The first-order valence-electron chi connectivity index (χ1n) is 6.40. The lowest BCUT2D eigenvalue weighted by atomic mass is 10.0. The third-order valence-corrected chi connectivity index (χ3v) is 3.49. The lowest BCUT2D eigenvalue weighted by Crippen LogP contribution is -2.41. The lowest BCUT2D eigenvalue weighted by Gasteiger charge is -2.27. The number of hydrogen-bond acceptors (Lipinski definition) is 4. The van der Waals surface area contributed by atoms with Crippen molar-refractivity contribution in [3.8, 4) is 28.4 Å². The maximum Gasteiger partial charge on any atom is 0.210 e. The van der Waals surface area contributed by atoms with Crippen molar-refractivity contribution < 1.29 is 23.8 Å². The van der Waals surface area contributed by atoms with Gasteiger partial charge in [0.25, 0.3) is 0 Å². The number of halogens is 2. The monoisotopic (exact) mass is 323 g/mol. The van der Waals surface area contributed by atoms with Gasteiger partial charge in [0.2, 0.25) is 12.6 Å².